The molecule has 2 rings (SSSR count). The molecule has 124 valence electrons. The van der Waals surface area contributed by atoms with Gasteiger partial charge in [0, 0.05) is 11.8 Å². The summed E-state index contributed by atoms with van der Waals surface area (Å²) in [5.74, 6) is 1.31. The van der Waals surface area contributed by atoms with E-state index in [1.807, 2.05) is 12.1 Å². The SMILES string of the molecule is ClCCCC(OC(CCCCl)c1ccccc1)c1ccccc1. The van der Waals surface area contributed by atoms with Crippen LogP contribution in [-0.4, -0.2) is 11.8 Å². The molecule has 23 heavy (non-hydrogen) atoms. The molecule has 2 unspecified atom stereocenters. The monoisotopic (exact) mass is 350 g/mol. The summed E-state index contributed by atoms with van der Waals surface area (Å²) in [5.41, 5.74) is 2.42. The van der Waals surface area contributed by atoms with Crippen LogP contribution in [0.15, 0.2) is 60.7 Å². The molecule has 0 aliphatic carbocycles. The standard InChI is InChI=1S/C20H24Cl2O/c21-15-7-13-19(17-9-3-1-4-10-17)23-20(14-8-16-22)18-11-5-2-6-12-18/h1-6,9-12,19-20H,7-8,13-16H2. The summed E-state index contributed by atoms with van der Waals surface area (Å²) in [7, 11) is 0. The number of halogens is 2. The molecule has 0 saturated carbocycles. The summed E-state index contributed by atoms with van der Waals surface area (Å²) < 4.78 is 6.51. The molecule has 0 aliphatic heterocycles. The third-order valence-electron chi connectivity index (χ3n) is 3.87. The van der Waals surface area contributed by atoms with Crippen LogP contribution in [0.4, 0.5) is 0 Å². The normalized spacial score (nSPS) is 13.7. The Kier molecular flexibility index (Phi) is 8.52. The smallest absolute Gasteiger partial charge is 0.0833 e. The molecule has 0 spiro atoms. The molecule has 0 N–H and O–H groups in total. The molecule has 0 bridgehead atoms. The van der Waals surface area contributed by atoms with E-state index >= 15 is 0 Å². The number of rotatable bonds is 10. The van der Waals surface area contributed by atoms with Gasteiger partial charge in [0.25, 0.3) is 0 Å². The van der Waals surface area contributed by atoms with E-state index in [9.17, 15) is 0 Å². The molecule has 0 radical (unpaired) electrons. The summed E-state index contributed by atoms with van der Waals surface area (Å²) in [6, 6.07) is 20.8. The second-order valence-corrected chi connectivity index (χ2v) is 6.35. The lowest BCUT2D eigenvalue weighted by atomic mass is 10.0. The van der Waals surface area contributed by atoms with E-state index in [1.54, 1.807) is 0 Å². The topological polar surface area (TPSA) is 9.23 Å². The van der Waals surface area contributed by atoms with Crippen LogP contribution in [-0.2, 0) is 4.74 Å². The van der Waals surface area contributed by atoms with Crippen LogP contribution in [0.25, 0.3) is 0 Å². The first-order valence-electron chi connectivity index (χ1n) is 8.22. The molecule has 0 aromatic heterocycles. The maximum atomic E-state index is 6.51. The summed E-state index contributed by atoms with van der Waals surface area (Å²) in [6.07, 6.45) is 3.87. The number of alkyl halides is 2. The molecule has 0 heterocycles. The maximum absolute atomic E-state index is 6.51. The molecule has 0 saturated heterocycles. The third-order valence-corrected chi connectivity index (χ3v) is 4.41. The summed E-state index contributed by atoms with van der Waals surface area (Å²) >= 11 is 11.8. The van der Waals surface area contributed by atoms with Gasteiger partial charge in [-0.25, -0.2) is 0 Å². The Morgan fingerprint density at radius 3 is 1.39 bits per heavy atom. The highest BCUT2D eigenvalue weighted by molar-refractivity contribution is 6.18. The Hall–Kier alpha value is -1.02. The highest BCUT2D eigenvalue weighted by Crippen LogP contribution is 2.33. The summed E-state index contributed by atoms with van der Waals surface area (Å²) in [6.45, 7) is 0. The van der Waals surface area contributed by atoms with Gasteiger partial charge in [-0.1, -0.05) is 60.7 Å². The Bertz CT molecular complexity index is 480. The average molecular weight is 351 g/mol. The van der Waals surface area contributed by atoms with Crippen molar-refractivity contribution >= 4 is 23.2 Å². The van der Waals surface area contributed by atoms with Crippen molar-refractivity contribution < 1.29 is 4.74 Å². The van der Waals surface area contributed by atoms with Gasteiger partial charge in [-0.15, -0.1) is 23.2 Å². The van der Waals surface area contributed by atoms with Gasteiger partial charge in [-0.05, 0) is 36.8 Å². The summed E-state index contributed by atoms with van der Waals surface area (Å²) in [5, 5.41) is 0. The van der Waals surface area contributed by atoms with Crippen LogP contribution in [0.1, 0.15) is 49.0 Å². The van der Waals surface area contributed by atoms with Crippen molar-refractivity contribution in [3.63, 3.8) is 0 Å². The highest BCUT2D eigenvalue weighted by atomic mass is 35.5. The fraction of sp³-hybridized carbons (Fsp3) is 0.400. The fourth-order valence-electron chi connectivity index (χ4n) is 2.69. The van der Waals surface area contributed by atoms with Crippen molar-refractivity contribution in [3.8, 4) is 0 Å². The first-order valence-corrected chi connectivity index (χ1v) is 9.29. The fourth-order valence-corrected chi connectivity index (χ4v) is 2.99. The zero-order chi connectivity index (χ0) is 16.3. The Balaban J connectivity index is 2.15. The predicted octanol–water partition coefficient (Wildman–Crippen LogP) is 6.52. The molecule has 2 aromatic rings. The Labute approximate surface area is 149 Å². The van der Waals surface area contributed by atoms with E-state index < -0.39 is 0 Å². The van der Waals surface area contributed by atoms with Crippen molar-refractivity contribution in [1.82, 2.24) is 0 Å². The average Bonchev–Trinajstić information content (AvgIpc) is 2.62. The second-order valence-electron chi connectivity index (χ2n) is 5.60. The van der Waals surface area contributed by atoms with Crippen molar-refractivity contribution in [2.24, 2.45) is 0 Å². The molecule has 0 amide bonds. The van der Waals surface area contributed by atoms with Gasteiger partial charge in [0.15, 0.2) is 0 Å². The first-order chi connectivity index (χ1) is 11.3. The van der Waals surface area contributed by atoms with Gasteiger partial charge >= 0.3 is 0 Å². The van der Waals surface area contributed by atoms with Gasteiger partial charge in [-0.2, -0.15) is 0 Å². The molecule has 0 aliphatic rings. The second kappa shape index (κ2) is 10.7. The molecule has 2 aromatic carbocycles. The minimum Gasteiger partial charge on any atom is -0.366 e. The van der Waals surface area contributed by atoms with Crippen LogP contribution < -0.4 is 0 Å². The molecule has 3 heteroatoms. The molecule has 2 atom stereocenters. The Morgan fingerprint density at radius 2 is 1.04 bits per heavy atom. The lowest BCUT2D eigenvalue weighted by Gasteiger charge is -2.26. The van der Waals surface area contributed by atoms with Crippen LogP contribution in [0.2, 0.25) is 0 Å². The number of hydrogen-bond acceptors (Lipinski definition) is 1. The van der Waals surface area contributed by atoms with Gasteiger partial charge in [0.05, 0.1) is 12.2 Å². The third kappa shape index (κ3) is 6.18. The number of benzene rings is 2. The largest absolute Gasteiger partial charge is 0.366 e. The van der Waals surface area contributed by atoms with E-state index in [0.717, 1.165) is 25.7 Å². The minimum absolute atomic E-state index is 0.0653. The molecular formula is C20H24Cl2O. The van der Waals surface area contributed by atoms with Gasteiger partial charge in [0.2, 0.25) is 0 Å². The molecular weight excluding hydrogens is 327 g/mol. The van der Waals surface area contributed by atoms with Gasteiger partial charge in [-0.3, -0.25) is 0 Å². The number of ether oxygens (including phenoxy) is 1. The van der Waals surface area contributed by atoms with E-state index in [1.165, 1.54) is 11.1 Å². The van der Waals surface area contributed by atoms with Crippen LogP contribution in [0, 0.1) is 0 Å². The highest BCUT2D eigenvalue weighted by Gasteiger charge is 2.19. The van der Waals surface area contributed by atoms with E-state index in [0.29, 0.717) is 11.8 Å². The van der Waals surface area contributed by atoms with E-state index in [4.69, 9.17) is 27.9 Å². The number of hydrogen-bond donors (Lipinski definition) is 0. The van der Waals surface area contributed by atoms with E-state index in [2.05, 4.69) is 48.5 Å². The van der Waals surface area contributed by atoms with Crippen LogP contribution >= 0.6 is 23.2 Å². The van der Waals surface area contributed by atoms with E-state index in [-0.39, 0.29) is 12.2 Å². The quantitative estimate of drug-likeness (QED) is 0.443. The molecule has 0 fully saturated rings. The van der Waals surface area contributed by atoms with Crippen molar-refractivity contribution in [1.29, 1.82) is 0 Å². The zero-order valence-corrected chi connectivity index (χ0v) is 14.8. The predicted molar refractivity (Wildman–Crippen MR) is 99.4 cm³/mol. The lowest BCUT2D eigenvalue weighted by Crippen LogP contribution is -2.11. The molecule has 1 nitrogen and oxygen atoms in total. The summed E-state index contributed by atoms with van der Waals surface area (Å²) in [4.78, 5) is 0. The minimum atomic E-state index is 0.0653. The van der Waals surface area contributed by atoms with Gasteiger partial charge < -0.3 is 4.74 Å². The van der Waals surface area contributed by atoms with Crippen molar-refractivity contribution in [2.45, 2.75) is 37.9 Å². The first kappa shape index (κ1) is 18.3. The van der Waals surface area contributed by atoms with Gasteiger partial charge in [0.1, 0.15) is 0 Å². The van der Waals surface area contributed by atoms with Crippen molar-refractivity contribution in [2.75, 3.05) is 11.8 Å². The van der Waals surface area contributed by atoms with Crippen LogP contribution in [0.3, 0.4) is 0 Å². The van der Waals surface area contributed by atoms with Crippen LogP contribution in [0.5, 0.6) is 0 Å². The maximum Gasteiger partial charge on any atom is 0.0833 e. The van der Waals surface area contributed by atoms with Crippen molar-refractivity contribution in [3.05, 3.63) is 71.8 Å². The lowest BCUT2D eigenvalue weighted by molar-refractivity contribution is -0.0245. The zero-order valence-electron chi connectivity index (χ0n) is 13.3. The Morgan fingerprint density at radius 1 is 0.652 bits per heavy atom.